The molecule has 0 heterocycles. The second kappa shape index (κ2) is 13.0. The number of hydrogen-bond donors (Lipinski definition) is 1. The van der Waals surface area contributed by atoms with Gasteiger partial charge < -0.3 is 14.8 Å². The van der Waals surface area contributed by atoms with Crippen molar-refractivity contribution in [3.8, 4) is 0 Å². The number of amides is 1. The summed E-state index contributed by atoms with van der Waals surface area (Å²) in [4.78, 5) is 24.9. The predicted octanol–water partition coefficient (Wildman–Crippen LogP) is 5.47. The molecule has 0 unspecified atom stereocenters. The lowest BCUT2D eigenvalue weighted by atomic mass is 10.2. The summed E-state index contributed by atoms with van der Waals surface area (Å²) in [6.45, 7) is 0.243. The first kappa shape index (κ1) is 23.2. The molecule has 1 N–H and O–H groups in total. The molecule has 0 aliphatic heterocycles. The van der Waals surface area contributed by atoms with Crippen molar-refractivity contribution in [1.29, 1.82) is 0 Å². The SMILES string of the molecule is O=C(N[C@@H](/C=C/SCc1ccccc1)C(=O)OCc1ccccc1)OCc1ccccc1. The van der Waals surface area contributed by atoms with Crippen LogP contribution in [0, 0.1) is 0 Å². The van der Waals surface area contributed by atoms with Crippen LogP contribution in [0.4, 0.5) is 4.79 Å². The smallest absolute Gasteiger partial charge is 0.408 e. The summed E-state index contributed by atoms with van der Waals surface area (Å²) >= 11 is 1.52. The zero-order valence-corrected chi connectivity index (χ0v) is 18.4. The van der Waals surface area contributed by atoms with E-state index in [1.807, 2.05) is 91.0 Å². The third-order valence-corrected chi connectivity index (χ3v) is 5.27. The molecular formula is C26H25NO4S. The van der Waals surface area contributed by atoms with E-state index in [1.54, 1.807) is 11.5 Å². The van der Waals surface area contributed by atoms with E-state index >= 15 is 0 Å². The van der Waals surface area contributed by atoms with Gasteiger partial charge in [0.1, 0.15) is 19.3 Å². The molecule has 0 saturated heterocycles. The summed E-state index contributed by atoms with van der Waals surface area (Å²) in [6, 6.07) is 27.8. The molecule has 3 aromatic rings. The van der Waals surface area contributed by atoms with Crippen LogP contribution >= 0.6 is 11.8 Å². The highest BCUT2D eigenvalue weighted by atomic mass is 32.2. The van der Waals surface area contributed by atoms with Crippen LogP contribution in [-0.2, 0) is 33.2 Å². The molecule has 32 heavy (non-hydrogen) atoms. The summed E-state index contributed by atoms with van der Waals surface area (Å²) in [5.41, 5.74) is 2.90. The Labute approximate surface area is 192 Å². The maximum Gasteiger partial charge on any atom is 0.408 e. The number of carbonyl (C=O) groups is 2. The van der Waals surface area contributed by atoms with Gasteiger partial charge >= 0.3 is 12.1 Å². The van der Waals surface area contributed by atoms with Gasteiger partial charge in [-0.1, -0.05) is 91.0 Å². The topological polar surface area (TPSA) is 64.6 Å². The van der Waals surface area contributed by atoms with Crippen molar-refractivity contribution < 1.29 is 19.1 Å². The molecule has 0 bridgehead atoms. The minimum Gasteiger partial charge on any atom is -0.459 e. The minimum atomic E-state index is -0.953. The van der Waals surface area contributed by atoms with Crippen LogP contribution in [0.3, 0.4) is 0 Å². The first-order chi connectivity index (χ1) is 15.7. The molecule has 5 nitrogen and oxygen atoms in total. The van der Waals surface area contributed by atoms with E-state index in [-0.39, 0.29) is 13.2 Å². The van der Waals surface area contributed by atoms with Crippen LogP contribution in [0.5, 0.6) is 0 Å². The molecule has 3 rings (SSSR count). The van der Waals surface area contributed by atoms with Gasteiger partial charge in [-0.3, -0.25) is 0 Å². The Hall–Kier alpha value is -3.51. The lowest BCUT2D eigenvalue weighted by molar-refractivity contribution is -0.146. The van der Waals surface area contributed by atoms with Crippen LogP contribution in [0.15, 0.2) is 102 Å². The summed E-state index contributed by atoms with van der Waals surface area (Å²) in [5.74, 6) is 0.198. The molecule has 6 heteroatoms. The standard InChI is InChI=1S/C26H25NO4S/c28-25(30-18-21-10-4-1-5-11-21)24(16-17-32-20-23-14-8-3-9-15-23)27-26(29)31-19-22-12-6-2-7-13-22/h1-17,24H,18-20H2,(H,27,29)/b17-16+/t24-/m0/s1. The van der Waals surface area contributed by atoms with E-state index in [0.717, 1.165) is 16.9 Å². The number of ether oxygens (including phenoxy) is 2. The molecule has 0 fully saturated rings. The van der Waals surface area contributed by atoms with E-state index in [4.69, 9.17) is 9.47 Å². The zero-order chi connectivity index (χ0) is 22.4. The van der Waals surface area contributed by atoms with Crippen LogP contribution in [0.1, 0.15) is 16.7 Å². The number of carbonyl (C=O) groups excluding carboxylic acids is 2. The number of esters is 1. The number of hydrogen-bond acceptors (Lipinski definition) is 5. The number of nitrogens with one attached hydrogen (secondary N) is 1. The van der Waals surface area contributed by atoms with Crippen molar-refractivity contribution in [3.05, 3.63) is 119 Å². The van der Waals surface area contributed by atoms with E-state index in [1.165, 1.54) is 17.3 Å². The third kappa shape index (κ3) is 8.32. The quantitative estimate of drug-likeness (QED) is 0.418. The molecule has 1 amide bonds. The maximum absolute atomic E-state index is 12.6. The fraction of sp³-hybridized carbons (Fsp3) is 0.154. The molecule has 164 valence electrons. The first-order valence-corrected chi connectivity index (χ1v) is 11.3. The monoisotopic (exact) mass is 447 g/mol. The van der Waals surface area contributed by atoms with Gasteiger partial charge in [-0.15, -0.1) is 11.8 Å². The molecular weight excluding hydrogens is 422 g/mol. The number of benzene rings is 3. The fourth-order valence-corrected chi connectivity index (χ4v) is 3.50. The van der Waals surface area contributed by atoms with Gasteiger partial charge in [-0.25, -0.2) is 9.59 Å². The van der Waals surface area contributed by atoms with Crippen LogP contribution in [0.2, 0.25) is 0 Å². The molecule has 1 atom stereocenters. The molecule has 0 aromatic heterocycles. The average molecular weight is 448 g/mol. The third-order valence-electron chi connectivity index (χ3n) is 4.42. The normalized spacial score (nSPS) is 11.6. The Bertz CT molecular complexity index is 994. The van der Waals surface area contributed by atoms with E-state index in [9.17, 15) is 9.59 Å². The predicted molar refractivity (Wildman–Crippen MR) is 127 cm³/mol. The molecule has 0 radical (unpaired) electrons. The van der Waals surface area contributed by atoms with Crippen molar-refractivity contribution in [2.75, 3.05) is 0 Å². The fourth-order valence-electron chi connectivity index (χ4n) is 2.75. The maximum atomic E-state index is 12.6. The van der Waals surface area contributed by atoms with Crippen molar-refractivity contribution >= 4 is 23.8 Å². The van der Waals surface area contributed by atoms with Crippen LogP contribution in [0.25, 0.3) is 0 Å². The van der Waals surface area contributed by atoms with Gasteiger partial charge in [0.15, 0.2) is 0 Å². The highest BCUT2D eigenvalue weighted by Gasteiger charge is 2.20. The van der Waals surface area contributed by atoms with Crippen molar-refractivity contribution in [1.82, 2.24) is 5.32 Å². The van der Waals surface area contributed by atoms with E-state index in [0.29, 0.717) is 0 Å². The highest BCUT2D eigenvalue weighted by molar-refractivity contribution is 8.01. The van der Waals surface area contributed by atoms with Gasteiger partial charge in [-0.05, 0) is 28.2 Å². The Morgan fingerprint density at radius 1 is 0.750 bits per heavy atom. The minimum absolute atomic E-state index is 0.116. The van der Waals surface area contributed by atoms with Gasteiger partial charge in [0, 0.05) is 5.75 Å². The highest BCUT2D eigenvalue weighted by Crippen LogP contribution is 2.13. The van der Waals surface area contributed by atoms with E-state index < -0.39 is 18.1 Å². The summed E-state index contributed by atoms with van der Waals surface area (Å²) < 4.78 is 10.6. The van der Waals surface area contributed by atoms with Gasteiger partial charge in [0.25, 0.3) is 0 Å². The lowest BCUT2D eigenvalue weighted by Crippen LogP contribution is -2.40. The Balaban J connectivity index is 1.56. The molecule has 0 aliphatic carbocycles. The van der Waals surface area contributed by atoms with Gasteiger partial charge in [-0.2, -0.15) is 0 Å². The first-order valence-electron chi connectivity index (χ1n) is 10.2. The molecule has 0 aliphatic rings. The second-order valence-corrected chi connectivity index (χ2v) is 7.80. The van der Waals surface area contributed by atoms with Crippen LogP contribution in [-0.4, -0.2) is 18.1 Å². The zero-order valence-electron chi connectivity index (χ0n) is 17.6. The Morgan fingerprint density at radius 3 is 1.81 bits per heavy atom. The summed E-state index contributed by atoms with van der Waals surface area (Å²) in [7, 11) is 0. The molecule has 0 saturated carbocycles. The largest absolute Gasteiger partial charge is 0.459 e. The molecule has 0 spiro atoms. The second-order valence-electron chi connectivity index (χ2n) is 6.90. The van der Waals surface area contributed by atoms with E-state index in [2.05, 4.69) is 5.32 Å². The number of thioether (sulfide) groups is 1. The number of alkyl carbamates (subject to hydrolysis) is 1. The Kier molecular flexibility index (Phi) is 9.42. The summed E-state index contributed by atoms with van der Waals surface area (Å²) in [6.07, 6.45) is 0.929. The van der Waals surface area contributed by atoms with Gasteiger partial charge in [0.2, 0.25) is 0 Å². The Morgan fingerprint density at radius 2 is 1.25 bits per heavy atom. The van der Waals surface area contributed by atoms with Crippen molar-refractivity contribution in [2.45, 2.75) is 25.0 Å². The van der Waals surface area contributed by atoms with Crippen molar-refractivity contribution in [2.24, 2.45) is 0 Å². The van der Waals surface area contributed by atoms with Gasteiger partial charge in [0.05, 0.1) is 0 Å². The number of rotatable bonds is 10. The average Bonchev–Trinajstić information content (AvgIpc) is 2.85. The molecule has 3 aromatic carbocycles. The lowest BCUT2D eigenvalue weighted by Gasteiger charge is -2.15. The summed E-state index contributed by atoms with van der Waals surface area (Å²) in [5, 5.41) is 4.38. The van der Waals surface area contributed by atoms with Crippen LogP contribution < -0.4 is 5.32 Å². The van der Waals surface area contributed by atoms with Crippen molar-refractivity contribution in [3.63, 3.8) is 0 Å².